The van der Waals surface area contributed by atoms with Gasteiger partial charge in [-0.3, -0.25) is 4.79 Å². The van der Waals surface area contributed by atoms with Gasteiger partial charge < -0.3 is 0 Å². The first-order valence-corrected chi connectivity index (χ1v) is 10.0. The Bertz CT molecular complexity index is 870. The molecule has 0 saturated carbocycles. The number of benzene rings is 1. The molecule has 3 aromatic rings. The molecule has 0 radical (unpaired) electrons. The van der Waals surface area contributed by atoms with Gasteiger partial charge in [0.1, 0.15) is 0 Å². The van der Waals surface area contributed by atoms with E-state index in [1.54, 1.807) is 11.3 Å². The van der Waals surface area contributed by atoms with Crippen molar-refractivity contribution in [1.29, 1.82) is 0 Å². The molecular weight excluding hydrogens is 382 g/mol. The summed E-state index contributed by atoms with van der Waals surface area (Å²) in [6, 6.07) is 11.6. The van der Waals surface area contributed by atoms with Crippen molar-refractivity contribution in [2.24, 2.45) is 5.10 Å². The molecule has 4 nitrogen and oxygen atoms in total. The van der Waals surface area contributed by atoms with E-state index in [9.17, 15) is 4.79 Å². The first kappa shape index (κ1) is 17.4. The van der Waals surface area contributed by atoms with E-state index in [0.29, 0.717) is 4.34 Å². The summed E-state index contributed by atoms with van der Waals surface area (Å²) in [5.74, 6) is -0.152. The first-order valence-electron chi connectivity index (χ1n) is 7.15. The number of para-hydroxylation sites is 1. The fourth-order valence-electron chi connectivity index (χ4n) is 1.90. The summed E-state index contributed by atoms with van der Waals surface area (Å²) in [5.41, 5.74) is 4.31. The van der Waals surface area contributed by atoms with Gasteiger partial charge in [-0.05, 0) is 38.1 Å². The Hall–Kier alpha value is -1.41. The minimum atomic E-state index is -0.283. The number of fused-ring (bicyclic) bond motifs is 1. The molecule has 1 aromatic carbocycles. The number of halogens is 1. The van der Waals surface area contributed by atoms with Crippen LogP contribution in [0.1, 0.15) is 18.7 Å². The van der Waals surface area contributed by atoms with Crippen LogP contribution in [0.5, 0.6) is 0 Å². The molecule has 3 rings (SSSR count). The summed E-state index contributed by atoms with van der Waals surface area (Å²) >= 11 is 10.4. The van der Waals surface area contributed by atoms with Crippen molar-refractivity contribution in [2.45, 2.75) is 23.4 Å². The molecule has 8 heteroatoms. The van der Waals surface area contributed by atoms with E-state index < -0.39 is 0 Å². The molecular formula is C16H14ClN3OS3. The van der Waals surface area contributed by atoms with Gasteiger partial charge in [0.15, 0.2) is 4.34 Å². The lowest BCUT2D eigenvalue weighted by Crippen LogP contribution is -2.27. The van der Waals surface area contributed by atoms with Crippen LogP contribution in [0, 0.1) is 0 Å². The van der Waals surface area contributed by atoms with Crippen molar-refractivity contribution in [3.8, 4) is 0 Å². The molecule has 2 aromatic heterocycles. The Balaban J connectivity index is 1.62. The molecule has 0 bridgehead atoms. The standard InChI is InChI=1S/C16H14ClN3OS3/c1-9(12-7-8-14(17)23-12)19-20-15(21)10(2)22-16-18-11-5-3-4-6-13(11)24-16/h3-8,10H,1-2H3,(H,20,21). The number of carbonyl (C=O) groups is 1. The lowest BCUT2D eigenvalue weighted by Gasteiger charge is -2.07. The number of nitrogens with one attached hydrogen (secondary N) is 1. The zero-order valence-corrected chi connectivity index (χ0v) is 16.2. The molecule has 0 spiro atoms. The highest BCUT2D eigenvalue weighted by atomic mass is 35.5. The largest absolute Gasteiger partial charge is 0.272 e. The van der Waals surface area contributed by atoms with E-state index in [4.69, 9.17) is 11.6 Å². The second kappa shape index (κ2) is 7.65. The second-order valence-electron chi connectivity index (χ2n) is 4.98. The number of hydrazone groups is 1. The molecule has 1 unspecified atom stereocenters. The number of thiazole rings is 1. The smallest absolute Gasteiger partial charge is 0.253 e. The van der Waals surface area contributed by atoms with Gasteiger partial charge in [0.25, 0.3) is 5.91 Å². The highest BCUT2D eigenvalue weighted by Crippen LogP contribution is 2.31. The molecule has 124 valence electrons. The Labute approximate surface area is 156 Å². The summed E-state index contributed by atoms with van der Waals surface area (Å²) in [4.78, 5) is 17.7. The van der Waals surface area contributed by atoms with Crippen LogP contribution < -0.4 is 5.43 Å². The molecule has 0 saturated heterocycles. The summed E-state index contributed by atoms with van der Waals surface area (Å²) in [7, 11) is 0. The Morgan fingerprint density at radius 1 is 1.29 bits per heavy atom. The molecule has 0 aliphatic heterocycles. The van der Waals surface area contributed by atoms with Crippen molar-refractivity contribution >= 4 is 67.9 Å². The minimum absolute atomic E-state index is 0.152. The third-order valence-corrected chi connectivity index (χ3v) is 6.75. The number of thiophene rings is 1. The van der Waals surface area contributed by atoms with Gasteiger partial charge in [0.2, 0.25) is 0 Å². The summed E-state index contributed by atoms with van der Waals surface area (Å²) in [6.07, 6.45) is 0. The SMILES string of the molecule is CC(=NNC(=O)C(C)Sc1nc2ccccc2s1)c1ccc(Cl)s1. The zero-order valence-electron chi connectivity index (χ0n) is 12.9. The van der Waals surface area contributed by atoms with E-state index in [2.05, 4.69) is 15.5 Å². The number of nitrogens with zero attached hydrogens (tertiary/aromatic N) is 2. The van der Waals surface area contributed by atoms with Crippen LogP contribution in [0.4, 0.5) is 0 Å². The molecule has 0 aliphatic carbocycles. The fraction of sp³-hybridized carbons (Fsp3) is 0.188. The molecule has 0 fully saturated rings. The topological polar surface area (TPSA) is 54.4 Å². The normalized spacial score (nSPS) is 13.2. The molecule has 0 aliphatic rings. The maximum atomic E-state index is 12.2. The fourth-order valence-corrected chi connectivity index (χ4v) is 5.09. The Morgan fingerprint density at radius 3 is 2.79 bits per heavy atom. The number of aromatic nitrogens is 1. The lowest BCUT2D eigenvalue weighted by molar-refractivity contribution is -0.120. The van der Waals surface area contributed by atoms with Crippen LogP contribution in [-0.2, 0) is 4.79 Å². The van der Waals surface area contributed by atoms with Gasteiger partial charge >= 0.3 is 0 Å². The Kier molecular flexibility index (Phi) is 5.55. The summed E-state index contributed by atoms with van der Waals surface area (Å²) < 4.78 is 2.70. The second-order valence-corrected chi connectivity index (χ2v) is 9.32. The summed E-state index contributed by atoms with van der Waals surface area (Å²) in [5, 5.41) is 3.87. The average Bonchev–Trinajstić information content (AvgIpc) is 3.17. The number of amides is 1. The highest BCUT2D eigenvalue weighted by Gasteiger charge is 2.16. The predicted octanol–water partition coefficient (Wildman–Crippen LogP) is 5.03. The van der Waals surface area contributed by atoms with Gasteiger partial charge in [-0.15, -0.1) is 22.7 Å². The summed E-state index contributed by atoms with van der Waals surface area (Å²) in [6.45, 7) is 3.69. The van der Waals surface area contributed by atoms with Crippen LogP contribution >= 0.6 is 46.0 Å². The number of hydrogen-bond acceptors (Lipinski definition) is 6. The average molecular weight is 396 g/mol. The number of thioether (sulfide) groups is 1. The van der Waals surface area contributed by atoms with Crippen LogP contribution in [0.25, 0.3) is 10.2 Å². The van der Waals surface area contributed by atoms with E-state index >= 15 is 0 Å². The van der Waals surface area contributed by atoms with Gasteiger partial charge in [0.05, 0.1) is 30.4 Å². The van der Waals surface area contributed by atoms with Crippen LogP contribution in [0.3, 0.4) is 0 Å². The van der Waals surface area contributed by atoms with Crippen LogP contribution in [0.2, 0.25) is 4.34 Å². The number of rotatable bonds is 5. The van der Waals surface area contributed by atoms with Gasteiger partial charge in [-0.25, -0.2) is 10.4 Å². The zero-order chi connectivity index (χ0) is 17.1. The maximum absolute atomic E-state index is 12.2. The number of hydrogen-bond donors (Lipinski definition) is 1. The van der Waals surface area contributed by atoms with Crippen molar-refractivity contribution in [2.75, 3.05) is 0 Å². The van der Waals surface area contributed by atoms with Crippen LogP contribution in [0.15, 0.2) is 45.8 Å². The molecule has 1 N–H and O–H groups in total. The van der Waals surface area contributed by atoms with E-state index in [1.807, 2.05) is 50.2 Å². The van der Waals surface area contributed by atoms with Gasteiger partial charge in [-0.2, -0.15) is 5.10 Å². The predicted molar refractivity (Wildman–Crippen MR) is 105 cm³/mol. The van der Waals surface area contributed by atoms with Gasteiger partial charge in [-0.1, -0.05) is 35.5 Å². The van der Waals surface area contributed by atoms with Crippen molar-refractivity contribution in [3.63, 3.8) is 0 Å². The first-order chi connectivity index (χ1) is 11.5. The van der Waals surface area contributed by atoms with Crippen LogP contribution in [-0.4, -0.2) is 21.9 Å². The highest BCUT2D eigenvalue weighted by molar-refractivity contribution is 8.02. The van der Waals surface area contributed by atoms with Crippen molar-refractivity contribution in [1.82, 2.24) is 10.4 Å². The monoisotopic (exact) mass is 395 g/mol. The van der Waals surface area contributed by atoms with Gasteiger partial charge in [0, 0.05) is 0 Å². The Morgan fingerprint density at radius 2 is 2.08 bits per heavy atom. The third-order valence-electron chi connectivity index (χ3n) is 3.18. The third kappa shape index (κ3) is 4.16. The molecule has 1 amide bonds. The number of carbonyl (C=O) groups excluding carboxylic acids is 1. The van der Waals surface area contributed by atoms with E-state index in [1.165, 1.54) is 23.1 Å². The van der Waals surface area contributed by atoms with E-state index in [-0.39, 0.29) is 11.2 Å². The van der Waals surface area contributed by atoms with E-state index in [0.717, 1.165) is 25.1 Å². The van der Waals surface area contributed by atoms with Crippen molar-refractivity contribution < 1.29 is 4.79 Å². The molecule has 2 heterocycles. The maximum Gasteiger partial charge on any atom is 0.253 e. The molecule has 1 atom stereocenters. The quantitative estimate of drug-likeness (QED) is 0.374. The minimum Gasteiger partial charge on any atom is -0.272 e. The lowest BCUT2D eigenvalue weighted by atomic mass is 10.3. The van der Waals surface area contributed by atoms with Crippen molar-refractivity contribution in [3.05, 3.63) is 45.6 Å². The molecule has 24 heavy (non-hydrogen) atoms.